The summed E-state index contributed by atoms with van der Waals surface area (Å²) in [6.07, 6.45) is 10.6. The number of aliphatic hydroxyl groups is 1. The van der Waals surface area contributed by atoms with Crippen molar-refractivity contribution in [2.24, 2.45) is 29.6 Å². The Bertz CT molecular complexity index is 248. The van der Waals surface area contributed by atoms with Crippen LogP contribution >= 0.6 is 0 Å². The van der Waals surface area contributed by atoms with E-state index in [1.807, 2.05) is 0 Å². The Kier molecular flexibility index (Phi) is 5.12. The van der Waals surface area contributed by atoms with Gasteiger partial charge in [-0.3, -0.25) is 0 Å². The average Bonchev–Trinajstić information content (AvgIpc) is 2.73. The highest BCUT2D eigenvalue weighted by molar-refractivity contribution is 4.93. The van der Waals surface area contributed by atoms with E-state index >= 15 is 0 Å². The van der Waals surface area contributed by atoms with Crippen molar-refractivity contribution in [2.75, 3.05) is 0 Å². The van der Waals surface area contributed by atoms with Crippen LogP contribution in [-0.4, -0.2) is 11.2 Å². The highest BCUT2D eigenvalue weighted by Crippen LogP contribution is 2.49. The molecular formula is C17H32O. The minimum absolute atomic E-state index is 0.0246. The largest absolute Gasteiger partial charge is 0.393 e. The van der Waals surface area contributed by atoms with Crippen LogP contribution in [0.15, 0.2) is 0 Å². The molecule has 0 aromatic carbocycles. The van der Waals surface area contributed by atoms with Crippen LogP contribution in [0.3, 0.4) is 0 Å². The topological polar surface area (TPSA) is 20.2 Å². The van der Waals surface area contributed by atoms with Crippen LogP contribution in [0.2, 0.25) is 0 Å². The van der Waals surface area contributed by atoms with Crippen LogP contribution in [0, 0.1) is 29.6 Å². The Morgan fingerprint density at radius 3 is 2.44 bits per heavy atom. The molecule has 2 saturated carbocycles. The molecular weight excluding hydrogens is 220 g/mol. The van der Waals surface area contributed by atoms with Crippen molar-refractivity contribution in [3.05, 3.63) is 0 Å². The van der Waals surface area contributed by atoms with Gasteiger partial charge in [0.15, 0.2) is 0 Å². The Balaban J connectivity index is 1.82. The van der Waals surface area contributed by atoms with Crippen molar-refractivity contribution >= 4 is 0 Å². The Morgan fingerprint density at radius 2 is 1.72 bits per heavy atom. The molecule has 2 fully saturated rings. The summed E-state index contributed by atoms with van der Waals surface area (Å²) in [7, 11) is 0. The van der Waals surface area contributed by atoms with Crippen molar-refractivity contribution in [2.45, 2.75) is 78.2 Å². The van der Waals surface area contributed by atoms with Crippen LogP contribution in [0.25, 0.3) is 0 Å². The summed E-state index contributed by atoms with van der Waals surface area (Å²) in [4.78, 5) is 0. The lowest BCUT2D eigenvalue weighted by Gasteiger charge is -2.35. The zero-order chi connectivity index (χ0) is 13.1. The van der Waals surface area contributed by atoms with E-state index in [9.17, 15) is 5.11 Å². The number of hydrogen-bond acceptors (Lipinski definition) is 1. The Labute approximate surface area is 113 Å². The highest BCUT2D eigenvalue weighted by Gasteiger charge is 2.43. The first-order chi connectivity index (χ1) is 8.59. The van der Waals surface area contributed by atoms with Gasteiger partial charge >= 0.3 is 0 Å². The quantitative estimate of drug-likeness (QED) is 0.756. The first-order valence-electron chi connectivity index (χ1n) is 8.27. The van der Waals surface area contributed by atoms with Crippen molar-refractivity contribution in [1.29, 1.82) is 0 Å². The van der Waals surface area contributed by atoms with E-state index in [0.29, 0.717) is 5.92 Å². The molecule has 0 aromatic heterocycles. The molecule has 2 aliphatic carbocycles. The molecule has 0 saturated heterocycles. The van der Waals surface area contributed by atoms with Crippen LogP contribution in [0.4, 0.5) is 0 Å². The summed E-state index contributed by atoms with van der Waals surface area (Å²) in [5.74, 6) is 4.14. The van der Waals surface area contributed by atoms with E-state index in [2.05, 4.69) is 20.8 Å². The molecule has 1 nitrogen and oxygen atoms in total. The fraction of sp³-hybridized carbons (Fsp3) is 1.00. The first kappa shape index (κ1) is 14.4. The molecule has 18 heavy (non-hydrogen) atoms. The Morgan fingerprint density at radius 1 is 0.944 bits per heavy atom. The summed E-state index contributed by atoms with van der Waals surface area (Å²) in [6.45, 7) is 7.12. The lowest BCUT2D eigenvalue weighted by molar-refractivity contribution is 0.0309. The molecule has 0 bridgehead atoms. The average molecular weight is 252 g/mol. The second kappa shape index (κ2) is 6.41. The molecule has 0 unspecified atom stereocenters. The fourth-order valence-electron chi connectivity index (χ4n) is 4.58. The lowest BCUT2D eigenvalue weighted by Crippen LogP contribution is -2.32. The minimum atomic E-state index is 0.0246. The normalized spacial score (nSPS) is 37.8. The van der Waals surface area contributed by atoms with E-state index in [0.717, 1.165) is 30.1 Å². The van der Waals surface area contributed by atoms with E-state index in [-0.39, 0.29) is 6.10 Å². The second-order valence-corrected chi connectivity index (χ2v) is 7.37. The summed E-state index contributed by atoms with van der Waals surface area (Å²) in [6, 6.07) is 0. The van der Waals surface area contributed by atoms with Crippen LogP contribution in [0.5, 0.6) is 0 Å². The third kappa shape index (κ3) is 3.29. The maximum Gasteiger partial charge on any atom is 0.0571 e. The molecule has 5 atom stereocenters. The number of hydrogen-bond donors (Lipinski definition) is 1. The van der Waals surface area contributed by atoms with Crippen LogP contribution < -0.4 is 0 Å². The standard InChI is InChI=1S/C17H32O/c1-12(2)6-4-7-13(3)14-10-11-16-15(14)8-5-9-17(16)18/h12-18H,4-11H2,1-3H3/t13-,14+,15+,16+,17-/m0/s1. The van der Waals surface area contributed by atoms with Gasteiger partial charge in [0.25, 0.3) is 0 Å². The van der Waals surface area contributed by atoms with Gasteiger partial charge in [-0.05, 0) is 55.3 Å². The molecule has 2 rings (SSSR count). The molecule has 106 valence electrons. The Hall–Kier alpha value is -0.0400. The smallest absolute Gasteiger partial charge is 0.0571 e. The number of fused-ring (bicyclic) bond motifs is 1. The zero-order valence-corrected chi connectivity index (χ0v) is 12.6. The molecule has 1 heteroatoms. The molecule has 0 radical (unpaired) electrons. The predicted octanol–water partition coefficient (Wildman–Crippen LogP) is 4.64. The lowest BCUT2D eigenvalue weighted by atomic mass is 9.72. The van der Waals surface area contributed by atoms with Gasteiger partial charge in [-0.1, -0.05) is 46.5 Å². The number of aliphatic hydroxyl groups excluding tert-OH is 1. The monoisotopic (exact) mass is 252 g/mol. The van der Waals surface area contributed by atoms with Gasteiger partial charge in [0, 0.05) is 0 Å². The van der Waals surface area contributed by atoms with E-state index in [1.165, 1.54) is 44.9 Å². The van der Waals surface area contributed by atoms with Crippen molar-refractivity contribution in [3.8, 4) is 0 Å². The maximum absolute atomic E-state index is 10.1. The molecule has 0 amide bonds. The van der Waals surface area contributed by atoms with Gasteiger partial charge in [-0.25, -0.2) is 0 Å². The van der Waals surface area contributed by atoms with Crippen molar-refractivity contribution in [3.63, 3.8) is 0 Å². The maximum atomic E-state index is 10.1. The molecule has 0 aliphatic heterocycles. The molecule has 0 aromatic rings. The van der Waals surface area contributed by atoms with Gasteiger partial charge in [0.1, 0.15) is 0 Å². The van der Waals surface area contributed by atoms with Crippen molar-refractivity contribution in [1.82, 2.24) is 0 Å². The minimum Gasteiger partial charge on any atom is -0.393 e. The summed E-state index contributed by atoms with van der Waals surface area (Å²) in [5, 5.41) is 10.1. The third-order valence-corrected chi connectivity index (χ3v) is 5.64. The zero-order valence-electron chi connectivity index (χ0n) is 12.6. The predicted molar refractivity (Wildman–Crippen MR) is 77.4 cm³/mol. The molecule has 0 spiro atoms. The molecule has 0 heterocycles. The van der Waals surface area contributed by atoms with Crippen molar-refractivity contribution < 1.29 is 5.11 Å². The number of rotatable bonds is 5. The first-order valence-corrected chi connectivity index (χ1v) is 8.27. The SMILES string of the molecule is CC(C)CCC[C@H](C)[C@H]1CC[C@@H]2[C@@H]1CCC[C@@H]2O. The van der Waals surface area contributed by atoms with Gasteiger partial charge in [0.2, 0.25) is 0 Å². The van der Waals surface area contributed by atoms with E-state index in [4.69, 9.17) is 0 Å². The van der Waals surface area contributed by atoms with Gasteiger partial charge < -0.3 is 5.11 Å². The fourth-order valence-corrected chi connectivity index (χ4v) is 4.58. The van der Waals surface area contributed by atoms with Gasteiger partial charge in [0.05, 0.1) is 6.10 Å². The third-order valence-electron chi connectivity index (χ3n) is 5.64. The van der Waals surface area contributed by atoms with E-state index < -0.39 is 0 Å². The summed E-state index contributed by atoms with van der Waals surface area (Å²) >= 11 is 0. The van der Waals surface area contributed by atoms with E-state index in [1.54, 1.807) is 0 Å². The molecule has 1 N–H and O–H groups in total. The van der Waals surface area contributed by atoms with Gasteiger partial charge in [-0.15, -0.1) is 0 Å². The second-order valence-electron chi connectivity index (χ2n) is 7.37. The summed E-state index contributed by atoms with van der Waals surface area (Å²) < 4.78 is 0. The summed E-state index contributed by atoms with van der Waals surface area (Å²) in [5.41, 5.74) is 0. The highest BCUT2D eigenvalue weighted by atomic mass is 16.3. The molecule has 2 aliphatic rings. The van der Waals surface area contributed by atoms with Crippen LogP contribution in [-0.2, 0) is 0 Å². The van der Waals surface area contributed by atoms with Gasteiger partial charge in [-0.2, -0.15) is 0 Å². The van der Waals surface area contributed by atoms with Crippen LogP contribution in [0.1, 0.15) is 72.1 Å².